The third-order valence-electron chi connectivity index (χ3n) is 5.06. The molecule has 1 N–H and O–H groups in total. The molecule has 1 fully saturated rings. The van der Waals surface area contributed by atoms with E-state index >= 15 is 0 Å². The van der Waals surface area contributed by atoms with E-state index in [4.69, 9.17) is 4.74 Å². The number of hydrogen-bond acceptors (Lipinski definition) is 3. The fourth-order valence-electron chi connectivity index (χ4n) is 3.62. The molecule has 4 heteroatoms. The lowest BCUT2D eigenvalue weighted by Gasteiger charge is -2.35. The first-order chi connectivity index (χ1) is 13.0. The molecule has 1 amide bonds. The highest BCUT2D eigenvalue weighted by atomic mass is 16.5. The summed E-state index contributed by atoms with van der Waals surface area (Å²) >= 11 is 0. The summed E-state index contributed by atoms with van der Waals surface area (Å²) < 4.78 is 5.71. The lowest BCUT2D eigenvalue weighted by atomic mass is 10.0. The summed E-state index contributed by atoms with van der Waals surface area (Å²) in [5.74, 6) is 0.562. The van der Waals surface area contributed by atoms with E-state index in [1.165, 1.54) is 11.1 Å². The molecule has 2 aromatic carbocycles. The Labute approximate surface area is 162 Å². The standard InChI is InChI=1S/C23H30N2O2/c1-17(21-7-5-4-6-8-21)13-24-14-20-9-11-22(12-10-20)23(26)25-15-18(2)27-19(3)16-25/h4-12,17-19,24H,13-16H2,1-3H3. The Bertz CT molecular complexity index is 720. The average Bonchev–Trinajstić information content (AvgIpc) is 2.68. The molecule has 1 aliphatic heterocycles. The van der Waals surface area contributed by atoms with E-state index < -0.39 is 0 Å². The van der Waals surface area contributed by atoms with Crippen LogP contribution in [0.5, 0.6) is 0 Å². The third kappa shape index (κ3) is 5.41. The first-order valence-corrected chi connectivity index (χ1v) is 9.82. The molecule has 1 aliphatic rings. The molecule has 4 nitrogen and oxygen atoms in total. The van der Waals surface area contributed by atoms with E-state index in [1.807, 2.05) is 49.1 Å². The predicted octanol–water partition coefficient (Wildman–Crippen LogP) is 3.83. The van der Waals surface area contributed by atoms with Gasteiger partial charge in [-0.2, -0.15) is 0 Å². The summed E-state index contributed by atoms with van der Waals surface area (Å²) in [6.45, 7) is 9.30. The van der Waals surface area contributed by atoms with Crippen molar-refractivity contribution in [3.63, 3.8) is 0 Å². The highest BCUT2D eigenvalue weighted by Gasteiger charge is 2.26. The van der Waals surface area contributed by atoms with Gasteiger partial charge in [0.25, 0.3) is 5.91 Å². The third-order valence-corrected chi connectivity index (χ3v) is 5.06. The largest absolute Gasteiger partial charge is 0.372 e. The summed E-state index contributed by atoms with van der Waals surface area (Å²) in [7, 11) is 0. The number of rotatable bonds is 6. The van der Waals surface area contributed by atoms with Crippen LogP contribution >= 0.6 is 0 Å². The number of carbonyl (C=O) groups excluding carboxylic acids is 1. The van der Waals surface area contributed by atoms with E-state index in [0.29, 0.717) is 19.0 Å². The fraction of sp³-hybridized carbons (Fsp3) is 0.435. The van der Waals surface area contributed by atoms with Crippen molar-refractivity contribution < 1.29 is 9.53 Å². The molecule has 27 heavy (non-hydrogen) atoms. The summed E-state index contributed by atoms with van der Waals surface area (Å²) in [4.78, 5) is 14.6. The van der Waals surface area contributed by atoms with Gasteiger partial charge in [-0.25, -0.2) is 0 Å². The van der Waals surface area contributed by atoms with Crippen LogP contribution in [-0.4, -0.2) is 42.6 Å². The van der Waals surface area contributed by atoms with Crippen molar-refractivity contribution in [2.24, 2.45) is 0 Å². The number of morpholine rings is 1. The summed E-state index contributed by atoms with van der Waals surface area (Å²) in [6.07, 6.45) is 0.181. The van der Waals surface area contributed by atoms with Gasteiger partial charge < -0.3 is 15.0 Å². The number of benzene rings is 2. The quantitative estimate of drug-likeness (QED) is 0.845. The molecule has 144 valence electrons. The van der Waals surface area contributed by atoms with Crippen LogP contribution in [-0.2, 0) is 11.3 Å². The van der Waals surface area contributed by atoms with Crippen molar-refractivity contribution >= 4 is 5.91 Å². The number of nitrogens with zero attached hydrogens (tertiary/aromatic N) is 1. The molecule has 0 aliphatic carbocycles. The number of ether oxygens (including phenoxy) is 1. The Morgan fingerprint density at radius 3 is 2.33 bits per heavy atom. The molecule has 1 heterocycles. The molecular formula is C23H30N2O2. The molecule has 3 atom stereocenters. The fourth-order valence-corrected chi connectivity index (χ4v) is 3.62. The lowest BCUT2D eigenvalue weighted by molar-refractivity contribution is -0.0586. The van der Waals surface area contributed by atoms with E-state index in [9.17, 15) is 4.79 Å². The maximum Gasteiger partial charge on any atom is 0.254 e. The van der Waals surface area contributed by atoms with E-state index in [-0.39, 0.29) is 18.1 Å². The molecule has 2 aromatic rings. The van der Waals surface area contributed by atoms with Gasteiger partial charge in [0.1, 0.15) is 0 Å². The second-order valence-corrected chi connectivity index (χ2v) is 7.61. The average molecular weight is 367 g/mol. The Morgan fingerprint density at radius 1 is 1.07 bits per heavy atom. The van der Waals surface area contributed by atoms with Crippen LogP contribution in [0, 0.1) is 0 Å². The number of nitrogens with one attached hydrogen (secondary N) is 1. The van der Waals surface area contributed by atoms with Crippen LogP contribution in [0.25, 0.3) is 0 Å². The SMILES string of the molecule is CC1CN(C(=O)c2ccc(CNCC(C)c3ccccc3)cc2)CC(C)O1. The Balaban J connectivity index is 1.50. The number of hydrogen-bond donors (Lipinski definition) is 1. The lowest BCUT2D eigenvalue weighted by Crippen LogP contribution is -2.48. The van der Waals surface area contributed by atoms with Gasteiger partial charge in [0.05, 0.1) is 12.2 Å². The molecule has 0 aromatic heterocycles. The predicted molar refractivity (Wildman–Crippen MR) is 109 cm³/mol. The van der Waals surface area contributed by atoms with Crippen molar-refractivity contribution in [3.8, 4) is 0 Å². The second kappa shape index (κ2) is 9.16. The molecule has 3 rings (SSSR count). The van der Waals surface area contributed by atoms with Gasteiger partial charge in [0.2, 0.25) is 0 Å². The van der Waals surface area contributed by atoms with Gasteiger partial charge in [-0.3, -0.25) is 4.79 Å². The smallest absolute Gasteiger partial charge is 0.254 e. The number of carbonyl (C=O) groups is 1. The van der Waals surface area contributed by atoms with Crippen molar-refractivity contribution in [3.05, 3.63) is 71.3 Å². The Morgan fingerprint density at radius 2 is 1.70 bits per heavy atom. The van der Waals surface area contributed by atoms with Gasteiger partial charge in [0.15, 0.2) is 0 Å². The summed E-state index contributed by atoms with van der Waals surface area (Å²) in [5.41, 5.74) is 3.29. The molecular weight excluding hydrogens is 336 g/mol. The minimum Gasteiger partial charge on any atom is -0.372 e. The summed E-state index contributed by atoms with van der Waals surface area (Å²) in [6, 6.07) is 18.5. The Kier molecular flexibility index (Phi) is 6.64. The van der Waals surface area contributed by atoms with Gasteiger partial charge in [-0.05, 0) is 43.0 Å². The monoisotopic (exact) mass is 366 g/mol. The highest BCUT2D eigenvalue weighted by Crippen LogP contribution is 2.16. The van der Waals surface area contributed by atoms with Crippen molar-refractivity contribution in [2.75, 3.05) is 19.6 Å². The zero-order valence-corrected chi connectivity index (χ0v) is 16.5. The maximum atomic E-state index is 12.7. The molecule has 0 radical (unpaired) electrons. The van der Waals surface area contributed by atoms with Crippen LogP contribution < -0.4 is 5.32 Å². The van der Waals surface area contributed by atoms with Crippen LogP contribution in [0.15, 0.2) is 54.6 Å². The van der Waals surface area contributed by atoms with Gasteiger partial charge in [-0.15, -0.1) is 0 Å². The molecule has 1 saturated heterocycles. The topological polar surface area (TPSA) is 41.6 Å². The minimum atomic E-state index is 0.0905. The van der Waals surface area contributed by atoms with E-state index in [2.05, 4.69) is 36.5 Å². The molecule has 3 unspecified atom stereocenters. The molecule has 0 spiro atoms. The van der Waals surface area contributed by atoms with Crippen molar-refractivity contribution in [2.45, 2.75) is 45.4 Å². The van der Waals surface area contributed by atoms with Crippen LogP contribution in [0.4, 0.5) is 0 Å². The number of amides is 1. The zero-order valence-electron chi connectivity index (χ0n) is 16.5. The first-order valence-electron chi connectivity index (χ1n) is 9.82. The minimum absolute atomic E-state index is 0.0905. The normalized spacial score (nSPS) is 21.1. The van der Waals surface area contributed by atoms with Gasteiger partial charge in [-0.1, -0.05) is 49.4 Å². The molecule has 0 saturated carbocycles. The van der Waals surface area contributed by atoms with Crippen LogP contribution in [0.2, 0.25) is 0 Å². The second-order valence-electron chi connectivity index (χ2n) is 7.61. The molecule has 0 bridgehead atoms. The van der Waals surface area contributed by atoms with Crippen LogP contribution in [0.3, 0.4) is 0 Å². The van der Waals surface area contributed by atoms with Crippen molar-refractivity contribution in [1.29, 1.82) is 0 Å². The first kappa shape index (κ1) is 19.6. The highest BCUT2D eigenvalue weighted by molar-refractivity contribution is 5.94. The van der Waals surface area contributed by atoms with Gasteiger partial charge in [0, 0.05) is 31.7 Å². The van der Waals surface area contributed by atoms with E-state index in [1.54, 1.807) is 0 Å². The summed E-state index contributed by atoms with van der Waals surface area (Å²) in [5, 5.41) is 3.51. The van der Waals surface area contributed by atoms with E-state index in [0.717, 1.165) is 18.7 Å². The van der Waals surface area contributed by atoms with Gasteiger partial charge >= 0.3 is 0 Å². The Hall–Kier alpha value is -2.17. The zero-order chi connectivity index (χ0) is 19.2. The van der Waals surface area contributed by atoms with Crippen LogP contribution in [0.1, 0.15) is 48.2 Å². The van der Waals surface area contributed by atoms with Crippen molar-refractivity contribution in [1.82, 2.24) is 10.2 Å². The maximum absolute atomic E-state index is 12.7.